The molecule has 0 atom stereocenters. The lowest BCUT2D eigenvalue weighted by atomic mass is 10.1. The predicted molar refractivity (Wildman–Crippen MR) is 67.6 cm³/mol. The van der Waals surface area contributed by atoms with Crippen LogP contribution in [0.5, 0.6) is 0 Å². The Balaban J connectivity index is 1.64. The van der Waals surface area contributed by atoms with Gasteiger partial charge in [-0.05, 0) is 56.0 Å². The zero-order valence-electron chi connectivity index (χ0n) is 9.80. The molecule has 1 heterocycles. The summed E-state index contributed by atoms with van der Waals surface area (Å²) in [5.41, 5.74) is 2.24. The Kier molecular flexibility index (Phi) is 2.85. The molecule has 0 spiro atoms. The van der Waals surface area contributed by atoms with Crippen LogP contribution in [-0.2, 0) is 6.42 Å². The lowest BCUT2D eigenvalue weighted by Gasteiger charge is -2.02. The highest BCUT2D eigenvalue weighted by Crippen LogP contribution is 2.21. The number of benzene rings is 1. The number of rotatable bonds is 5. The fourth-order valence-corrected chi connectivity index (χ4v) is 2.23. The summed E-state index contributed by atoms with van der Waals surface area (Å²) in [6.07, 6.45) is 6.78. The van der Waals surface area contributed by atoms with E-state index in [1.54, 1.807) is 12.1 Å². The van der Waals surface area contributed by atoms with Crippen LogP contribution in [0.4, 0.5) is 4.39 Å². The Labute approximate surface area is 100 Å². The van der Waals surface area contributed by atoms with Gasteiger partial charge in [-0.25, -0.2) is 4.39 Å². The summed E-state index contributed by atoms with van der Waals surface area (Å²) >= 11 is 0. The number of nitrogens with one attached hydrogen (secondary N) is 2. The molecule has 1 aliphatic rings. The number of hydrogen-bond acceptors (Lipinski definition) is 1. The summed E-state index contributed by atoms with van der Waals surface area (Å²) in [6, 6.07) is 5.69. The third-order valence-corrected chi connectivity index (χ3v) is 3.36. The minimum Gasteiger partial charge on any atom is -0.361 e. The lowest BCUT2D eigenvalue weighted by Crippen LogP contribution is -2.17. The Hall–Kier alpha value is -1.35. The van der Waals surface area contributed by atoms with E-state index in [1.165, 1.54) is 24.5 Å². The van der Waals surface area contributed by atoms with Crippen molar-refractivity contribution in [3.63, 3.8) is 0 Å². The van der Waals surface area contributed by atoms with Gasteiger partial charge in [0.25, 0.3) is 0 Å². The molecule has 0 radical (unpaired) electrons. The van der Waals surface area contributed by atoms with E-state index in [4.69, 9.17) is 0 Å². The van der Waals surface area contributed by atoms with Gasteiger partial charge < -0.3 is 10.3 Å². The molecule has 1 aromatic heterocycles. The molecule has 1 aromatic carbocycles. The van der Waals surface area contributed by atoms with Crippen LogP contribution in [0, 0.1) is 5.82 Å². The van der Waals surface area contributed by atoms with Crippen molar-refractivity contribution < 1.29 is 4.39 Å². The first-order chi connectivity index (χ1) is 8.33. The largest absolute Gasteiger partial charge is 0.361 e. The first kappa shape index (κ1) is 10.8. The number of fused-ring (bicyclic) bond motifs is 1. The molecular formula is C14H17FN2. The van der Waals surface area contributed by atoms with Gasteiger partial charge in [0.05, 0.1) is 0 Å². The number of aryl methyl sites for hydroxylation is 1. The van der Waals surface area contributed by atoms with Crippen LogP contribution in [0.15, 0.2) is 24.4 Å². The standard InChI is InChI=1S/C14H17FN2/c15-11-3-6-14-13(8-11)10(9-17-14)2-1-7-16-12-4-5-12/h3,6,8-9,12,16-17H,1-2,4-5,7H2. The zero-order valence-corrected chi connectivity index (χ0v) is 9.80. The highest BCUT2D eigenvalue weighted by atomic mass is 19.1. The van der Waals surface area contributed by atoms with Gasteiger partial charge in [0.2, 0.25) is 0 Å². The van der Waals surface area contributed by atoms with Crippen LogP contribution in [0.3, 0.4) is 0 Å². The molecule has 2 nitrogen and oxygen atoms in total. The van der Waals surface area contributed by atoms with E-state index in [1.807, 2.05) is 6.20 Å². The maximum Gasteiger partial charge on any atom is 0.123 e. The van der Waals surface area contributed by atoms with E-state index >= 15 is 0 Å². The van der Waals surface area contributed by atoms with Gasteiger partial charge in [0.1, 0.15) is 5.82 Å². The summed E-state index contributed by atoms with van der Waals surface area (Å²) in [5, 5.41) is 4.52. The number of aromatic nitrogens is 1. The molecule has 3 rings (SSSR count). The smallest absolute Gasteiger partial charge is 0.123 e. The second kappa shape index (κ2) is 4.49. The van der Waals surface area contributed by atoms with Crippen LogP contribution >= 0.6 is 0 Å². The van der Waals surface area contributed by atoms with Crippen molar-refractivity contribution in [2.45, 2.75) is 31.7 Å². The van der Waals surface area contributed by atoms with Crippen molar-refractivity contribution in [1.29, 1.82) is 0 Å². The molecule has 2 N–H and O–H groups in total. The molecule has 90 valence electrons. The van der Waals surface area contributed by atoms with Gasteiger partial charge in [-0.15, -0.1) is 0 Å². The fourth-order valence-electron chi connectivity index (χ4n) is 2.23. The molecule has 17 heavy (non-hydrogen) atoms. The van der Waals surface area contributed by atoms with Crippen molar-refractivity contribution in [3.05, 3.63) is 35.8 Å². The molecule has 3 heteroatoms. The first-order valence-electron chi connectivity index (χ1n) is 6.32. The number of halogens is 1. The third kappa shape index (κ3) is 2.50. The summed E-state index contributed by atoms with van der Waals surface area (Å²) in [5.74, 6) is -0.158. The van der Waals surface area contributed by atoms with Gasteiger partial charge in [0.15, 0.2) is 0 Å². The highest BCUT2D eigenvalue weighted by molar-refractivity contribution is 5.83. The van der Waals surface area contributed by atoms with Crippen molar-refractivity contribution >= 4 is 10.9 Å². The molecule has 0 aliphatic heterocycles. The van der Waals surface area contributed by atoms with Gasteiger partial charge in [-0.3, -0.25) is 0 Å². The van der Waals surface area contributed by atoms with Crippen molar-refractivity contribution in [2.75, 3.05) is 6.54 Å². The monoisotopic (exact) mass is 232 g/mol. The molecule has 1 saturated carbocycles. The van der Waals surface area contributed by atoms with E-state index in [0.717, 1.165) is 36.3 Å². The van der Waals surface area contributed by atoms with Crippen LogP contribution in [0.2, 0.25) is 0 Å². The van der Waals surface area contributed by atoms with E-state index in [0.29, 0.717) is 0 Å². The highest BCUT2D eigenvalue weighted by Gasteiger charge is 2.19. The number of H-pyrrole nitrogens is 1. The normalized spacial score (nSPS) is 15.6. The van der Waals surface area contributed by atoms with Crippen LogP contribution in [0.1, 0.15) is 24.8 Å². The van der Waals surface area contributed by atoms with Crippen molar-refractivity contribution in [1.82, 2.24) is 10.3 Å². The molecule has 0 amide bonds. The Bertz CT molecular complexity index is 514. The topological polar surface area (TPSA) is 27.8 Å². The Morgan fingerprint density at radius 3 is 3.06 bits per heavy atom. The zero-order chi connectivity index (χ0) is 11.7. The van der Waals surface area contributed by atoms with Gasteiger partial charge >= 0.3 is 0 Å². The van der Waals surface area contributed by atoms with Gasteiger partial charge in [-0.2, -0.15) is 0 Å². The minimum atomic E-state index is -0.158. The maximum atomic E-state index is 13.2. The molecule has 0 bridgehead atoms. The van der Waals surface area contributed by atoms with Gasteiger partial charge in [0, 0.05) is 23.1 Å². The van der Waals surface area contributed by atoms with Gasteiger partial charge in [-0.1, -0.05) is 0 Å². The van der Waals surface area contributed by atoms with Crippen LogP contribution in [-0.4, -0.2) is 17.6 Å². The molecule has 1 fully saturated rings. The maximum absolute atomic E-state index is 13.2. The first-order valence-corrected chi connectivity index (χ1v) is 6.32. The summed E-state index contributed by atoms with van der Waals surface area (Å²) < 4.78 is 13.2. The summed E-state index contributed by atoms with van der Waals surface area (Å²) in [6.45, 7) is 1.06. The van der Waals surface area contributed by atoms with Crippen molar-refractivity contribution in [3.8, 4) is 0 Å². The average Bonchev–Trinajstić information content (AvgIpc) is 3.07. The summed E-state index contributed by atoms with van der Waals surface area (Å²) in [7, 11) is 0. The SMILES string of the molecule is Fc1ccc2[nH]cc(CCCNC3CC3)c2c1. The molecule has 0 unspecified atom stereocenters. The quantitative estimate of drug-likeness (QED) is 0.762. The average molecular weight is 232 g/mol. The molecular weight excluding hydrogens is 215 g/mol. The van der Waals surface area contributed by atoms with E-state index in [2.05, 4.69) is 10.3 Å². The second-order valence-electron chi connectivity index (χ2n) is 4.84. The Morgan fingerprint density at radius 2 is 2.24 bits per heavy atom. The molecule has 2 aromatic rings. The minimum absolute atomic E-state index is 0.158. The molecule has 1 aliphatic carbocycles. The number of aromatic amines is 1. The van der Waals surface area contributed by atoms with E-state index < -0.39 is 0 Å². The lowest BCUT2D eigenvalue weighted by molar-refractivity contribution is 0.629. The summed E-state index contributed by atoms with van der Waals surface area (Å²) in [4.78, 5) is 3.19. The third-order valence-electron chi connectivity index (χ3n) is 3.36. The molecule has 0 saturated heterocycles. The Morgan fingerprint density at radius 1 is 1.35 bits per heavy atom. The van der Waals surface area contributed by atoms with Crippen LogP contribution < -0.4 is 5.32 Å². The second-order valence-corrected chi connectivity index (χ2v) is 4.84. The van der Waals surface area contributed by atoms with E-state index in [9.17, 15) is 4.39 Å². The fraction of sp³-hybridized carbons (Fsp3) is 0.429. The van der Waals surface area contributed by atoms with E-state index in [-0.39, 0.29) is 5.82 Å². The van der Waals surface area contributed by atoms with Crippen molar-refractivity contribution in [2.24, 2.45) is 0 Å². The van der Waals surface area contributed by atoms with Crippen LogP contribution in [0.25, 0.3) is 10.9 Å². The predicted octanol–water partition coefficient (Wildman–Crippen LogP) is 2.99. The number of hydrogen-bond donors (Lipinski definition) is 2.